The second kappa shape index (κ2) is 11.9. The number of carbonyl (C=O) groups is 2. The van der Waals surface area contributed by atoms with E-state index < -0.39 is 0 Å². The van der Waals surface area contributed by atoms with E-state index in [1.807, 2.05) is 36.1 Å². The molecule has 4 rings (SSSR count). The maximum Gasteiger partial charge on any atom is 0.270 e. The van der Waals surface area contributed by atoms with E-state index in [1.165, 1.54) is 38.8 Å². The number of benzene rings is 1. The zero-order valence-corrected chi connectivity index (χ0v) is 21.6. The van der Waals surface area contributed by atoms with Gasteiger partial charge < -0.3 is 24.8 Å². The molecular formula is C28H42N4O3. The van der Waals surface area contributed by atoms with Crippen molar-refractivity contribution in [2.75, 3.05) is 39.8 Å². The minimum atomic E-state index is -0.0266. The Morgan fingerprint density at radius 1 is 1.06 bits per heavy atom. The average Bonchev–Trinajstić information content (AvgIpc) is 3.11. The third kappa shape index (κ3) is 6.37. The summed E-state index contributed by atoms with van der Waals surface area (Å²) in [5.74, 6) is 1.24. The molecule has 2 fully saturated rings. The molecule has 1 aromatic heterocycles. The van der Waals surface area contributed by atoms with Gasteiger partial charge in [-0.25, -0.2) is 0 Å². The maximum absolute atomic E-state index is 13.1. The summed E-state index contributed by atoms with van der Waals surface area (Å²) in [5, 5.41) is 4.19. The molecule has 2 aliphatic rings. The fraction of sp³-hybridized carbons (Fsp3) is 0.643. The van der Waals surface area contributed by atoms with Crippen LogP contribution in [-0.2, 0) is 4.79 Å². The lowest BCUT2D eigenvalue weighted by Gasteiger charge is -2.34. The van der Waals surface area contributed by atoms with Gasteiger partial charge >= 0.3 is 0 Å². The van der Waals surface area contributed by atoms with Gasteiger partial charge in [0.15, 0.2) is 0 Å². The normalized spacial score (nSPS) is 19.8. The molecule has 2 aromatic rings. The summed E-state index contributed by atoms with van der Waals surface area (Å²) in [6, 6.07) is 8.20. The Bertz CT molecular complexity index is 987. The van der Waals surface area contributed by atoms with Gasteiger partial charge in [-0.1, -0.05) is 19.8 Å². The van der Waals surface area contributed by atoms with Gasteiger partial charge in [-0.15, -0.1) is 0 Å². The van der Waals surface area contributed by atoms with Crippen molar-refractivity contribution in [3.8, 4) is 5.75 Å². The van der Waals surface area contributed by atoms with Gasteiger partial charge in [-0.05, 0) is 76.2 Å². The molecule has 0 bridgehead atoms. The molecule has 2 amide bonds. The summed E-state index contributed by atoms with van der Waals surface area (Å²) >= 11 is 0. The van der Waals surface area contributed by atoms with E-state index in [4.69, 9.17) is 4.74 Å². The van der Waals surface area contributed by atoms with Crippen LogP contribution < -0.4 is 10.1 Å². The smallest absolute Gasteiger partial charge is 0.270 e. The number of H-pyrrole nitrogens is 1. The van der Waals surface area contributed by atoms with E-state index in [0.29, 0.717) is 30.7 Å². The van der Waals surface area contributed by atoms with Crippen molar-refractivity contribution in [3.05, 3.63) is 30.0 Å². The Labute approximate surface area is 209 Å². The fourth-order valence-corrected chi connectivity index (χ4v) is 5.62. The summed E-state index contributed by atoms with van der Waals surface area (Å²) in [6.07, 6.45) is 8.00. The van der Waals surface area contributed by atoms with Crippen LogP contribution in [0.2, 0.25) is 0 Å². The number of fused-ring (bicyclic) bond motifs is 1. The summed E-state index contributed by atoms with van der Waals surface area (Å²) in [7, 11) is 1.64. The van der Waals surface area contributed by atoms with Crippen molar-refractivity contribution >= 4 is 22.7 Å². The molecule has 0 saturated carbocycles. The first-order valence-corrected chi connectivity index (χ1v) is 13.4. The topological polar surface area (TPSA) is 77.7 Å². The number of amides is 2. The zero-order valence-electron chi connectivity index (χ0n) is 21.6. The average molecular weight is 483 g/mol. The highest BCUT2D eigenvalue weighted by molar-refractivity contribution is 5.98. The predicted molar refractivity (Wildman–Crippen MR) is 140 cm³/mol. The van der Waals surface area contributed by atoms with E-state index in [1.54, 1.807) is 7.11 Å². The van der Waals surface area contributed by atoms with Crippen LogP contribution in [0.5, 0.6) is 5.75 Å². The number of aromatic nitrogens is 1. The SMILES string of the molecule is COc1ccc2cc(C(=O)N3CCC([C@@H](C)C(=O)NCC[C@@H](C)N4CCCCCC4)CC3)[nH]c2c1. The summed E-state index contributed by atoms with van der Waals surface area (Å²) < 4.78 is 5.28. The molecule has 3 heterocycles. The highest BCUT2D eigenvalue weighted by Crippen LogP contribution is 2.27. The van der Waals surface area contributed by atoms with Gasteiger partial charge in [0.05, 0.1) is 7.11 Å². The number of likely N-dealkylation sites (tertiary alicyclic amines) is 2. The lowest BCUT2D eigenvalue weighted by Crippen LogP contribution is -2.43. The number of ether oxygens (including phenoxy) is 1. The van der Waals surface area contributed by atoms with E-state index in [2.05, 4.69) is 22.1 Å². The number of carbonyl (C=O) groups excluding carboxylic acids is 2. The van der Waals surface area contributed by atoms with Crippen LogP contribution in [0.3, 0.4) is 0 Å². The molecule has 1 aromatic carbocycles. The Hall–Kier alpha value is -2.54. The van der Waals surface area contributed by atoms with Gasteiger partial charge in [-0.3, -0.25) is 9.59 Å². The van der Waals surface area contributed by atoms with Gasteiger partial charge in [0.25, 0.3) is 5.91 Å². The zero-order chi connectivity index (χ0) is 24.8. The molecule has 192 valence electrons. The molecule has 35 heavy (non-hydrogen) atoms. The number of nitrogens with one attached hydrogen (secondary N) is 2. The Kier molecular flexibility index (Phi) is 8.71. The van der Waals surface area contributed by atoms with E-state index in [-0.39, 0.29) is 17.7 Å². The predicted octanol–water partition coefficient (Wildman–Crippen LogP) is 4.44. The monoisotopic (exact) mass is 482 g/mol. The van der Waals surface area contributed by atoms with Gasteiger partial charge in [0.1, 0.15) is 11.4 Å². The van der Waals surface area contributed by atoms with Gasteiger partial charge in [0.2, 0.25) is 5.91 Å². The lowest BCUT2D eigenvalue weighted by atomic mass is 9.84. The molecule has 0 radical (unpaired) electrons. The molecule has 0 spiro atoms. The van der Waals surface area contributed by atoms with Crippen molar-refractivity contribution in [1.29, 1.82) is 0 Å². The summed E-state index contributed by atoms with van der Waals surface area (Å²) in [4.78, 5) is 33.6. The van der Waals surface area contributed by atoms with Crippen LogP contribution in [0.25, 0.3) is 10.9 Å². The number of nitrogens with zero attached hydrogens (tertiary/aromatic N) is 2. The van der Waals surface area contributed by atoms with Crippen LogP contribution >= 0.6 is 0 Å². The van der Waals surface area contributed by atoms with Crippen LogP contribution in [0, 0.1) is 11.8 Å². The van der Waals surface area contributed by atoms with Crippen molar-refractivity contribution < 1.29 is 14.3 Å². The van der Waals surface area contributed by atoms with E-state index >= 15 is 0 Å². The third-order valence-corrected chi connectivity index (χ3v) is 8.13. The fourth-order valence-electron chi connectivity index (χ4n) is 5.62. The Balaban J connectivity index is 1.22. The van der Waals surface area contributed by atoms with Crippen LogP contribution in [0.4, 0.5) is 0 Å². The van der Waals surface area contributed by atoms with Crippen molar-refractivity contribution in [3.63, 3.8) is 0 Å². The first-order chi connectivity index (χ1) is 17.0. The second-order valence-electron chi connectivity index (χ2n) is 10.4. The van der Waals surface area contributed by atoms with Gasteiger partial charge in [-0.2, -0.15) is 0 Å². The largest absolute Gasteiger partial charge is 0.497 e. The molecule has 7 heteroatoms. The maximum atomic E-state index is 13.1. The molecule has 2 N–H and O–H groups in total. The number of hydrogen-bond donors (Lipinski definition) is 2. The Morgan fingerprint density at radius 3 is 2.46 bits per heavy atom. The number of aromatic amines is 1. The summed E-state index contributed by atoms with van der Waals surface area (Å²) in [6.45, 7) is 8.82. The van der Waals surface area contributed by atoms with E-state index in [0.717, 1.165) is 42.5 Å². The number of hydrogen-bond acceptors (Lipinski definition) is 4. The van der Waals surface area contributed by atoms with Crippen molar-refractivity contribution in [1.82, 2.24) is 20.1 Å². The van der Waals surface area contributed by atoms with Crippen LogP contribution in [0.15, 0.2) is 24.3 Å². The minimum Gasteiger partial charge on any atom is -0.497 e. The van der Waals surface area contributed by atoms with Crippen LogP contribution in [-0.4, -0.2) is 72.5 Å². The van der Waals surface area contributed by atoms with Gasteiger partial charge in [0, 0.05) is 48.6 Å². The van der Waals surface area contributed by atoms with Crippen LogP contribution in [0.1, 0.15) is 69.3 Å². The molecule has 0 aliphatic carbocycles. The molecule has 0 unspecified atom stereocenters. The first kappa shape index (κ1) is 25.5. The number of piperidine rings is 1. The first-order valence-electron chi connectivity index (χ1n) is 13.4. The minimum absolute atomic E-state index is 0.0261. The van der Waals surface area contributed by atoms with Crippen molar-refractivity contribution in [2.45, 2.75) is 64.8 Å². The summed E-state index contributed by atoms with van der Waals surface area (Å²) in [5.41, 5.74) is 1.51. The molecule has 2 atom stereocenters. The number of methoxy groups -OCH3 is 1. The second-order valence-corrected chi connectivity index (χ2v) is 10.4. The molecule has 2 aliphatic heterocycles. The lowest BCUT2D eigenvalue weighted by molar-refractivity contribution is -0.126. The standard InChI is InChI=1S/C28H42N4O3/c1-20(31-14-6-4-5-7-15-31)10-13-29-27(33)21(2)22-11-16-32(17-12-22)28(34)26-18-23-8-9-24(35-3)19-25(23)30-26/h8-9,18-22,30H,4-7,10-17H2,1-3H3,(H,29,33)/t20-,21-/m1/s1. The molecule has 7 nitrogen and oxygen atoms in total. The highest BCUT2D eigenvalue weighted by Gasteiger charge is 2.30. The van der Waals surface area contributed by atoms with E-state index in [9.17, 15) is 9.59 Å². The van der Waals surface area contributed by atoms with Crippen molar-refractivity contribution in [2.24, 2.45) is 11.8 Å². The molecular weight excluding hydrogens is 440 g/mol. The quantitative estimate of drug-likeness (QED) is 0.583. The highest BCUT2D eigenvalue weighted by atomic mass is 16.5. The molecule has 2 saturated heterocycles. The third-order valence-electron chi connectivity index (χ3n) is 8.13. The number of rotatable bonds is 8. The Morgan fingerprint density at radius 2 is 1.77 bits per heavy atom.